The van der Waals surface area contributed by atoms with Gasteiger partial charge in [0.15, 0.2) is 5.96 Å². The summed E-state index contributed by atoms with van der Waals surface area (Å²) in [6.07, 6.45) is 8.80. The first-order valence-electron chi connectivity index (χ1n) is 11.1. The Morgan fingerprint density at radius 3 is 2.38 bits per heavy atom. The molecule has 0 spiro atoms. The number of benzene rings is 1. The van der Waals surface area contributed by atoms with E-state index in [0.29, 0.717) is 0 Å². The third-order valence-electron chi connectivity index (χ3n) is 6.30. The van der Waals surface area contributed by atoms with E-state index >= 15 is 0 Å². The zero-order chi connectivity index (χ0) is 19.5. The molecule has 2 heterocycles. The van der Waals surface area contributed by atoms with Gasteiger partial charge in [0, 0.05) is 38.8 Å². The third kappa shape index (κ3) is 7.72. The summed E-state index contributed by atoms with van der Waals surface area (Å²) in [6.45, 7) is 7.26. The Morgan fingerprint density at radius 1 is 1.03 bits per heavy atom. The normalized spacial score (nSPS) is 20.4. The van der Waals surface area contributed by atoms with Gasteiger partial charge in [-0.2, -0.15) is 0 Å². The molecule has 2 aliphatic rings. The van der Waals surface area contributed by atoms with Gasteiger partial charge in [0.2, 0.25) is 0 Å². The van der Waals surface area contributed by atoms with Crippen LogP contribution in [0.1, 0.15) is 50.5 Å². The lowest BCUT2D eigenvalue weighted by Gasteiger charge is -2.38. The Labute approximate surface area is 194 Å². The average Bonchev–Trinajstić information content (AvgIpc) is 3.03. The van der Waals surface area contributed by atoms with Crippen LogP contribution in [0.3, 0.4) is 0 Å². The molecular formula is C23H39IN4O. The molecule has 1 aromatic carbocycles. The van der Waals surface area contributed by atoms with Gasteiger partial charge in [-0.15, -0.1) is 24.0 Å². The molecule has 0 saturated carbocycles. The number of aliphatic imine (C=N–C) groups is 1. The van der Waals surface area contributed by atoms with Crippen molar-refractivity contribution in [3.63, 3.8) is 0 Å². The monoisotopic (exact) mass is 514 g/mol. The van der Waals surface area contributed by atoms with Crippen molar-refractivity contribution in [3.05, 3.63) is 35.9 Å². The van der Waals surface area contributed by atoms with E-state index in [-0.39, 0.29) is 29.4 Å². The predicted molar refractivity (Wildman–Crippen MR) is 132 cm³/mol. The molecule has 6 heteroatoms. The van der Waals surface area contributed by atoms with Gasteiger partial charge in [-0.05, 0) is 57.3 Å². The molecule has 29 heavy (non-hydrogen) atoms. The maximum Gasteiger partial charge on any atom is 0.191 e. The van der Waals surface area contributed by atoms with Gasteiger partial charge >= 0.3 is 0 Å². The first kappa shape index (κ1) is 24.4. The van der Waals surface area contributed by atoms with E-state index in [9.17, 15) is 0 Å². The Bertz CT molecular complexity index is 582. The summed E-state index contributed by atoms with van der Waals surface area (Å²) in [5.74, 6) is 0.915. The number of ether oxygens (including phenoxy) is 1. The van der Waals surface area contributed by atoms with Crippen LogP contribution >= 0.6 is 24.0 Å². The average molecular weight is 514 g/mol. The van der Waals surface area contributed by atoms with Crippen molar-refractivity contribution in [1.82, 2.24) is 15.5 Å². The van der Waals surface area contributed by atoms with E-state index in [1.54, 1.807) is 0 Å². The number of likely N-dealkylation sites (tertiary alicyclic amines) is 1. The fourth-order valence-corrected chi connectivity index (χ4v) is 4.46. The van der Waals surface area contributed by atoms with Crippen LogP contribution in [0, 0.1) is 0 Å². The summed E-state index contributed by atoms with van der Waals surface area (Å²) in [4.78, 5) is 7.07. The van der Waals surface area contributed by atoms with E-state index < -0.39 is 0 Å². The highest BCUT2D eigenvalue weighted by atomic mass is 127. The molecule has 2 N–H and O–H groups in total. The van der Waals surface area contributed by atoms with Crippen LogP contribution in [0.25, 0.3) is 0 Å². The highest BCUT2D eigenvalue weighted by molar-refractivity contribution is 14.0. The van der Waals surface area contributed by atoms with E-state index in [2.05, 4.69) is 50.9 Å². The van der Waals surface area contributed by atoms with E-state index in [4.69, 9.17) is 4.74 Å². The minimum Gasteiger partial charge on any atom is -0.381 e. The predicted octanol–water partition coefficient (Wildman–Crippen LogP) is 3.78. The molecule has 0 atom stereocenters. The minimum absolute atomic E-state index is 0. The van der Waals surface area contributed by atoms with E-state index in [0.717, 1.165) is 45.1 Å². The summed E-state index contributed by atoms with van der Waals surface area (Å²) < 4.78 is 5.65. The number of halogens is 1. The number of hydrogen-bond acceptors (Lipinski definition) is 3. The second-order valence-corrected chi connectivity index (χ2v) is 8.22. The smallest absolute Gasteiger partial charge is 0.191 e. The SMILES string of the molecule is CN=C(NCCCN1CCCCCC1)NCC1(c2ccccc2)CCOCC1.I. The molecule has 0 aromatic heterocycles. The fraction of sp³-hybridized carbons (Fsp3) is 0.696. The topological polar surface area (TPSA) is 48.9 Å². The maximum atomic E-state index is 5.65. The minimum atomic E-state index is 0. The van der Waals surface area contributed by atoms with Crippen LogP contribution in [-0.4, -0.2) is 63.8 Å². The van der Waals surface area contributed by atoms with Crippen LogP contribution in [0.4, 0.5) is 0 Å². The van der Waals surface area contributed by atoms with Crippen molar-refractivity contribution in [2.24, 2.45) is 4.99 Å². The Kier molecular flexibility index (Phi) is 11.3. The van der Waals surface area contributed by atoms with Crippen molar-refractivity contribution >= 4 is 29.9 Å². The zero-order valence-electron chi connectivity index (χ0n) is 18.0. The molecular weight excluding hydrogens is 475 g/mol. The van der Waals surface area contributed by atoms with Crippen LogP contribution < -0.4 is 10.6 Å². The highest BCUT2D eigenvalue weighted by Crippen LogP contribution is 2.34. The number of guanidine groups is 1. The Morgan fingerprint density at radius 2 is 1.72 bits per heavy atom. The molecule has 5 nitrogen and oxygen atoms in total. The molecule has 2 aliphatic heterocycles. The van der Waals surface area contributed by atoms with Crippen LogP contribution in [-0.2, 0) is 10.2 Å². The quantitative estimate of drug-likeness (QED) is 0.252. The lowest BCUT2D eigenvalue weighted by Crippen LogP contribution is -2.48. The lowest BCUT2D eigenvalue weighted by atomic mass is 9.74. The highest BCUT2D eigenvalue weighted by Gasteiger charge is 2.34. The molecule has 0 radical (unpaired) electrons. The molecule has 2 saturated heterocycles. The third-order valence-corrected chi connectivity index (χ3v) is 6.30. The molecule has 3 rings (SSSR count). The number of hydrogen-bond donors (Lipinski definition) is 2. The van der Waals surface area contributed by atoms with Gasteiger partial charge in [-0.25, -0.2) is 0 Å². The molecule has 0 amide bonds. The molecule has 0 bridgehead atoms. The van der Waals surface area contributed by atoms with Gasteiger partial charge in [0.05, 0.1) is 0 Å². The second-order valence-electron chi connectivity index (χ2n) is 8.22. The van der Waals surface area contributed by atoms with E-state index in [1.165, 1.54) is 57.3 Å². The summed E-state index contributed by atoms with van der Waals surface area (Å²) in [5.41, 5.74) is 1.53. The summed E-state index contributed by atoms with van der Waals surface area (Å²) >= 11 is 0. The van der Waals surface area contributed by atoms with Crippen molar-refractivity contribution in [1.29, 1.82) is 0 Å². The Hall–Kier alpha value is -0.860. The molecule has 164 valence electrons. The van der Waals surface area contributed by atoms with Crippen molar-refractivity contribution in [2.75, 3.05) is 53.0 Å². The first-order chi connectivity index (χ1) is 13.8. The van der Waals surface area contributed by atoms with Crippen LogP contribution in [0.5, 0.6) is 0 Å². The number of nitrogens with zero attached hydrogens (tertiary/aromatic N) is 2. The van der Waals surface area contributed by atoms with Crippen LogP contribution in [0.15, 0.2) is 35.3 Å². The van der Waals surface area contributed by atoms with Gasteiger partial charge in [-0.1, -0.05) is 43.2 Å². The number of nitrogens with one attached hydrogen (secondary N) is 2. The van der Waals surface area contributed by atoms with E-state index in [1.807, 2.05) is 7.05 Å². The number of rotatable bonds is 7. The summed E-state index contributed by atoms with van der Waals surface area (Å²) in [6, 6.07) is 10.9. The fourth-order valence-electron chi connectivity index (χ4n) is 4.46. The molecule has 1 aromatic rings. The largest absolute Gasteiger partial charge is 0.381 e. The molecule has 0 aliphatic carbocycles. The summed E-state index contributed by atoms with van der Waals surface area (Å²) in [7, 11) is 1.86. The zero-order valence-corrected chi connectivity index (χ0v) is 20.3. The van der Waals surface area contributed by atoms with Crippen molar-refractivity contribution in [2.45, 2.75) is 50.4 Å². The second kappa shape index (κ2) is 13.4. The van der Waals surface area contributed by atoms with Crippen molar-refractivity contribution < 1.29 is 4.74 Å². The molecule has 0 unspecified atom stereocenters. The van der Waals surface area contributed by atoms with Crippen LogP contribution in [0.2, 0.25) is 0 Å². The molecule has 2 fully saturated rings. The Balaban J connectivity index is 0.00000300. The van der Waals surface area contributed by atoms with Gasteiger partial charge in [0.25, 0.3) is 0 Å². The van der Waals surface area contributed by atoms with Gasteiger partial charge in [0.1, 0.15) is 0 Å². The van der Waals surface area contributed by atoms with Crippen molar-refractivity contribution in [3.8, 4) is 0 Å². The lowest BCUT2D eigenvalue weighted by molar-refractivity contribution is 0.0514. The standard InChI is InChI=1S/C23H38N4O.HI/c1-24-22(25-14-9-17-27-15-7-2-3-8-16-27)26-20-23(12-18-28-19-13-23)21-10-5-4-6-11-21;/h4-6,10-11H,2-3,7-9,12-20H2,1H3,(H2,24,25,26);1H. The summed E-state index contributed by atoms with van der Waals surface area (Å²) in [5, 5.41) is 7.11. The van der Waals surface area contributed by atoms with Gasteiger partial charge < -0.3 is 20.3 Å². The van der Waals surface area contributed by atoms with Gasteiger partial charge in [-0.3, -0.25) is 4.99 Å². The first-order valence-corrected chi connectivity index (χ1v) is 11.1. The maximum absolute atomic E-state index is 5.65.